The number of H-pyrrole nitrogens is 1. The van der Waals surface area contributed by atoms with Gasteiger partial charge in [-0.15, -0.1) is 0 Å². The largest absolute Gasteiger partial charge is 0.379 e. The Labute approximate surface area is 185 Å². The van der Waals surface area contributed by atoms with Crippen LogP contribution >= 0.6 is 0 Å². The second-order valence-electron chi connectivity index (χ2n) is 7.83. The van der Waals surface area contributed by atoms with Gasteiger partial charge in [-0.2, -0.15) is 5.10 Å². The summed E-state index contributed by atoms with van der Waals surface area (Å²) in [5, 5.41) is 7.26. The standard InChI is InChI=1S/C26H23F2N3O/c27-23-7-3-1-5-20(23)18-9-11-19(12-10-18)26(31-13-15-32-16-14-31)22-17-29-30-25(22)21-6-2-4-8-24(21)28/h1-12,17,26H,13-16H2,(H,29,30). The summed E-state index contributed by atoms with van der Waals surface area (Å²) in [7, 11) is 0. The summed E-state index contributed by atoms with van der Waals surface area (Å²) < 4.78 is 34.4. The molecule has 1 saturated heterocycles. The molecule has 0 aliphatic carbocycles. The summed E-state index contributed by atoms with van der Waals surface area (Å²) in [4.78, 5) is 2.32. The van der Waals surface area contributed by atoms with Gasteiger partial charge in [0, 0.05) is 29.8 Å². The molecule has 1 aliphatic rings. The summed E-state index contributed by atoms with van der Waals surface area (Å²) >= 11 is 0. The predicted molar refractivity (Wildman–Crippen MR) is 120 cm³/mol. The average Bonchev–Trinajstić information content (AvgIpc) is 3.30. The van der Waals surface area contributed by atoms with E-state index in [1.165, 1.54) is 12.1 Å². The van der Waals surface area contributed by atoms with Gasteiger partial charge in [-0.25, -0.2) is 8.78 Å². The van der Waals surface area contributed by atoms with E-state index in [1.54, 1.807) is 30.5 Å². The Morgan fingerprint density at radius 2 is 1.44 bits per heavy atom. The number of hydrogen-bond acceptors (Lipinski definition) is 3. The van der Waals surface area contributed by atoms with Crippen LogP contribution in [0.1, 0.15) is 17.2 Å². The second kappa shape index (κ2) is 9.02. The maximum absolute atomic E-state index is 14.6. The minimum atomic E-state index is -0.298. The lowest BCUT2D eigenvalue weighted by Crippen LogP contribution is -2.39. The predicted octanol–water partition coefficient (Wildman–Crippen LogP) is 5.44. The van der Waals surface area contributed by atoms with Gasteiger partial charge in [0.05, 0.1) is 31.1 Å². The summed E-state index contributed by atoms with van der Waals surface area (Å²) in [6.45, 7) is 2.77. The van der Waals surface area contributed by atoms with Crippen molar-refractivity contribution < 1.29 is 13.5 Å². The highest BCUT2D eigenvalue weighted by atomic mass is 19.1. The monoisotopic (exact) mass is 431 g/mol. The van der Waals surface area contributed by atoms with Crippen LogP contribution in [0.3, 0.4) is 0 Å². The van der Waals surface area contributed by atoms with E-state index in [0.29, 0.717) is 30.0 Å². The number of nitrogens with one attached hydrogen (secondary N) is 1. The van der Waals surface area contributed by atoms with E-state index < -0.39 is 0 Å². The molecule has 2 heterocycles. The van der Waals surface area contributed by atoms with Gasteiger partial charge in [0.15, 0.2) is 0 Å². The van der Waals surface area contributed by atoms with Crippen LogP contribution in [0.4, 0.5) is 8.78 Å². The van der Waals surface area contributed by atoms with Gasteiger partial charge >= 0.3 is 0 Å². The van der Waals surface area contributed by atoms with Gasteiger partial charge in [0.2, 0.25) is 0 Å². The Balaban J connectivity index is 1.57. The molecule has 3 aromatic carbocycles. The second-order valence-corrected chi connectivity index (χ2v) is 7.83. The third-order valence-electron chi connectivity index (χ3n) is 5.93. The fourth-order valence-electron chi connectivity index (χ4n) is 4.35. The Morgan fingerprint density at radius 1 is 0.812 bits per heavy atom. The highest BCUT2D eigenvalue weighted by Crippen LogP contribution is 2.36. The van der Waals surface area contributed by atoms with E-state index in [4.69, 9.17) is 4.74 Å². The normalized spacial score (nSPS) is 15.6. The summed E-state index contributed by atoms with van der Waals surface area (Å²) in [6.07, 6.45) is 1.77. The number of benzene rings is 3. The number of ether oxygens (including phenoxy) is 1. The highest BCUT2D eigenvalue weighted by molar-refractivity contribution is 5.67. The number of hydrogen-bond donors (Lipinski definition) is 1. The molecule has 4 nitrogen and oxygen atoms in total. The number of morpholine rings is 1. The van der Waals surface area contributed by atoms with E-state index in [1.807, 2.05) is 36.4 Å². The van der Waals surface area contributed by atoms with Gasteiger partial charge in [-0.05, 0) is 29.3 Å². The third kappa shape index (κ3) is 3.95. The Bertz CT molecular complexity index is 1200. The lowest BCUT2D eigenvalue weighted by atomic mass is 9.93. The fraction of sp³-hybridized carbons (Fsp3) is 0.192. The topological polar surface area (TPSA) is 41.2 Å². The molecule has 1 fully saturated rings. The molecule has 0 radical (unpaired) electrons. The van der Waals surface area contributed by atoms with Crippen LogP contribution < -0.4 is 0 Å². The molecule has 1 aliphatic heterocycles. The van der Waals surface area contributed by atoms with Crippen molar-refractivity contribution in [1.82, 2.24) is 15.1 Å². The summed E-state index contributed by atoms with van der Waals surface area (Å²) in [5.74, 6) is -0.546. The molecule has 0 saturated carbocycles. The van der Waals surface area contributed by atoms with Crippen molar-refractivity contribution in [3.63, 3.8) is 0 Å². The summed E-state index contributed by atoms with van der Waals surface area (Å²) in [6, 6.07) is 21.2. The minimum Gasteiger partial charge on any atom is -0.379 e. The zero-order valence-electron chi connectivity index (χ0n) is 17.5. The molecule has 4 aromatic rings. The van der Waals surface area contributed by atoms with Crippen molar-refractivity contribution >= 4 is 0 Å². The highest BCUT2D eigenvalue weighted by Gasteiger charge is 2.28. The Hall–Kier alpha value is -3.35. The quantitative estimate of drug-likeness (QED) is 0.457. The third-order valence-corrected chi connectivity index (χ3v) is 5.93. The van der Waals surface area contributed by atoms with Crippen LogP contribution in [0, 0.1) is 11.6 Å². The Kier molecular flexibility index (Phi) is 5.79. The molecule has 6 heteroatoms. The molecule has 1 atom stereocenters. The van der Waals surface area contributed by atoms with Gasteiger partial charge < -0.3 is 4.74 Å². The van der Waals surface area contributed by atoms with Crippen LogP contribution in [0.25, 0.3) is 22.4 Å². The van der Waals surface area contributed by atoms with E-state index in [-0.39, 0.29) is 17.7 Å². The molecular formula is C26H23F2N3O. The van der Waals surface area contributed by atoms with Crippen molar-refractivity contribution in [3.05, 3.63) is 102 Å². The molecule has 1 aromatic heterocycles. The van der Waals surface area contributed by atoms with Crippen molar-refractivity contribution in [2.45, 2.75) is 6.04 Å². The molecule has 1 unspecified atom stereocenters. The zero-order valence-corrected chi connectivity index (χ0v) is 17.5. The fourth-order valence-corrected chi connectivity index (χ4v) is 4.35. The van der Waals surface area contributed by atoms with Crippen molar-refractivity contribution in [2.24, 2.45) is 0 Å². The average molecular weight is 431 g/mol. The summed E-state index contributed by atoms with van der Waals surface area (Å²) in [5.41, 5.74) is 4.46. The lowest BCUT2D eigenvalue weighted by Gasteiger charge is -2.35. The molecule has 5 rings (SSSR count). The number of rotatable bonds is 5. The molecule has 162 valence electrons. The number of aromatic amines is 1. The first kappa shape index (κ1) is 20.5. The number of halogens is 2. The molecule has 32 heavy (non-hydrogen) atoms. The number of nitrogens with zero attached hydrogens (tertiary/aromatic N) is 2. The first-order valence-electron chi connectivity index (χ1n) is 10.7. The first-order valence-corrected chi connectivity index (χ1v) is 10.7. The smallest absolute Gasteiger partial charge is 0.132 e. The van der Waals surface area contributed by atoms with Crippen LogP contribution in [-0.4, -0.2) is 41.4 Å². The van der Waals surface area contributed by atoms with Crippen LogP contribution in [0.5, 0.6) is 0 Å². The molecule has 0 bridgehead atoms. The molecule has 1 N–H and O–H groups in total. The maximum atomic E-state index is 14.6. The van der Waals surface area contributed by atoms with Crippen LogP contribution in [0.2, 0.25) is 0 Å². The number of aromatic nitrogens is 2. The van der Waals surface area contributed by atoms with Crippen LogP contribution in [0.15, 0.2) is 79.0 Å². The zero-order chi connectivity index (χ0) is 21.9. The maximum Gasteiger partial charge on any atom is 0.132 e. The lowest BCUT2D eigenvalue weighted by molar-refractivity contribution is 0.0240. The van der Waals surface area contributed by atoms with E-state index >= 15 is 0 Å². The molecule has 0 spiro atoms. The van der Waals surface area contributed by atoms with E-state index in [2.05, 4.69) is 15.1 Å². The first-order chi connectivity index (χ1) is 15.7. The van der Waals surface area contributed by atoms with Gasteiger partial charge in [-0.1, -0.05) is 54.6 Å². The minimum absolute atomic E-state index is 0.137. The molecule has 0 amide bonds. The van der Waals surface area contributed by atoms with E-state index in [9.17, 15) is 8.78 Å². The van der Waals surface area contributed by atoms with Gasteiger partial charge in [0.25, 0.3) is 0 Å². The van der Waals surface area contributed by atoms with Crippen molar-refractivity contribution in [1.29, 1.82) is 0 Å². The molecular weight excluding hydrogens is 408 g/mol. The van der Waals surface area contributed by atoms with Crippen molar-refractivity contribution in [3.8, 4) is 22.4 Å². The van der Waals surface area contributed by atoms with Crippen LogP contribution in [-0.2, 0) is 4.74 Å². The van der Waals surface area contributed by atoms with Gasteiger partial charge in [0.1, 0.15) is 11.6 Å². The Morgan fingerprint density at radius 3 is 2.09 bits per heavy atom. The van der Waals surface area contributed by atoms with Crippen molar-refractivity contribution in [2.75, 3.05) is 26.3 Å². The van der Waals surface area contributed by atoms with Gasteiger partial charge in [-0.3, -0.25) is 10.00 Å². The van der Waals surface area contributed by atoms with E-state index in [0.717, 1.165) is 29.8 Å². The SMILES string of the molecule is Fc1ccccc1-c1ccc(C(c2cn[nH]c2-c2ccccc2F)N2CCOCC2)cc1.